The quantitative estimate of drug-likeness (QED) is 0.670. The number of halogens is 1. The molecule has 0 saturated heterocycles. The van der Waals surface area contributed by atoms with E-state index in [0.29, 0.717) is 17.2 Å². The summed E-state index contributed by atoms with van der Waals surface area (Å²) >= 11 is 5.98. The first kappa shape index (κ1) is 17.3. The first-order chi connectivity index (χ1) is 9.93. The van der Waals surface area contributed by atoms with Gasteiger partial charge < -0.3 is 20.3 Å². The Kier molecular flexibility index (Phi) is 6.98. The van der Waals surface area contributed by atoms with E-state index >= 15 is 0 Å². The fourth-order valence-electron chi connectivity index (χ4n) is 1.68. The predicted octanol–water partition coefficient (Wildman–Crippen LogP) is 1.23. The summed E-state index contributed by atoms with van der Waals surface area (Å²) < 4.78 is 5.04. The van der Waals surface area contributed by atoms with Crippen LogP contribution in [0.25, 0.3) is 0 Å². The highest BCUT2D eigenvalue weighted by molar-refractivity contribution is 6.32. The number of aliphatic hydroxyl groups is 1. The van der Waals surface area contributed by atoms with E-state index in [9.17, 15) is 9.59 Å². The minimum Gasteiger partial charge on any atom is -0.495 e. The van der Waals surface area contributed by atoms with Gasteiger partial charge in [0.1, 0.15) is 5.75 Å². The molecule has 0 aliphatic heterocycles. The van der Waals surface area contributed by atoms with Crippen LogP contribution in [-0.4, -0.2) is 41.8 Å². The summed E-state index contributed by atoms with van der Waals surface area (Å²) in [6, 6.07) is 5.30. The normalized spacial score (nSPS) is 11.8. The number of carboxylic acids is 1. The van der Waals surface area contributed by atoms with Gasteiger partial charge in [-0.15, -0.1) is 0 Å². The van der Waals surface area contributed by atoms with Gasteiger partial charge in [0, 0.05) is 19.4 Å². The third-order valence-corrected chi connectivity index (χ3v) is 3.18. The van der Waals surface area contributed by atoms with E-state index in [1.807, 2.05) is 6.07 Å². The van der Waals surface area contributed by atoms with E-state index in [1.165, 1.54) is 7.11 Å². The number of nitrogens with one attached hydrogen (secondary N) is 1. The minimum atomic E-state index is -1.45. The molecule has 116 valence electrons. The van der Waals surface area contributed by atoms with Crippen LogP contribution in [-0.2, 0) is 16.0 Å². The Morgan fingerprint density at radius 3 is 2.71 bits per heavy atom. The van der Waals surface area contributed by atoms with E-state index in [1.54, 1.807) is 12.1 Å². The number of carbonyl (C=O) groups excluding carboxylic acids is 1. The molecule has 3 N–H and O–H groups in total. The zero-order valence-corrected chi connectivity index (χ0v) is 12.4. The van der Waals surface area contributed by atoms with Gasteiger partial charge in [-0.1, -0.05) is 17.7 Å². The molecule has 7 heteroatoms. The lowest BCUT2D eigenvalue weighted by Crippen LogP contribution is -2.30. The van der Waals surface area contributed by atoms with E-state index in [0.717, 1.165) is 5.56 Å². The van der Waals surface area contributed by atoms with Crippen molar-refractivity contribution in [1.29, 1.82) is 0 Å². The number of ether oxygens (including phenoxy) is 1. The van der Waals surface area contributed by atoms with Crippen LogP contribution in [0.1, 0.15) is 18.4 Å². The summed E-state index contributed by atoms with van der Waals surface area (Å²) in [5.74, 6) is -0.927. The number of aliphatic hydroxyl groups excluding tert-OH is 1. The van der Waals surface area contributed by atoms with Crippen molar-refractivity contribution in [2.75, 3.05) is 13.7 Å². The Bertz CT molecular complexity index is 506. The van der Waals surface area contributed by atoms with E-state index in [-0.39, 0.29) is 25.3 Å². The molecular formula is C14H18ClNO5. The molecule has 6 nitrogen and oxygen atoms in total. The summed E-state index contributed by atoms with van der Waals surface area (Å²) in [5.41, 5.74) is 0.904. The van der Waals surface area contributed by atoms with Crippen molar-refractivity contribution in [1.82, 2.24) is 5.32 Å². The first-order valence-corrected chi connectivity index (χ1v) is 6.81. The Balaban J connectivity index is 2.33. The van der Waals surface area contributed by atoms with Crippen molar-refractivity contribution >= 4 is 23.5 Å². The maximum absolute atomic E-state index is 11.6. The van der Waals surface area contributed by atoms with Crippen LogP contribution in [0.3, 0.4) is 0 Å². The van der Waals surface area contributed by atoms with Gasteiger partial charge in [0.05, 0.1) is 12.1 Å². The van der Waals surface area contributed by atoms with Crippen molar-refractivity contribution in [2.45, 2.75) is 25.4 Å². The Morgan fingerprint density at radius 1 is 1.43 bits per heavy atom. The van der Waals surface area contributed by atoms with E-state index < -0.39 is 12.1 Å². The molecule has 0 fully saturated rings. The molecule has 1 aromatic rings. The third-order valence-electron chi connectivity index (χ3n) is 2.88. The highest BCUT2D eigenvalue weighted by atomic mass is 35.5. The molecule has 0 aliphatic carbocycles. The molecule has 1 aromatic carbocycles. The Labute approximate surface area is 127 Å². The Hall–Kier alpha value is -1.79. The molecule has 21 heavy (non-hydrogen) atoms. The second-order valence-electron chi connectivity index (χ2n) is 4.46. The highest BCUT2D eigenvalue weighted by Gasteiger charge is 2.12. The van der Waals surface area contributed by atoms with Crippen LogP contribution in [0.2, 0.25) is 5.02 Å². The largest absolute Gasteiger partial charge is 0.495 e. The van der Waals surface area contributed by atoms with Crippen molar-refractivity contribution in [3.63, 3.8) is 0 Å². The summed E-state index contributed by atoms with van der Waals surface area (Å²) in [5, 5.41) is 20.6. The number of aryl methyl sites for hydroxylation is 1. The van der Waals surface area contributed by atoms with Gasteiger partial charge >= 0.3 is 5.97 Å². The molecule has 1 atom stereocenters. The van der Waals surface area contributed by atoms with Crippen LogP contribution >= 0.6 is 11.6 Å². The first-order valence-electron chi connectivity index (χ1n) is 6.44. The number of hydrogen-bond donors (Lipinski definition) is 3. The van der Waals surface area contributed by atoms with Gasteiger partial charge in [0.25, 0.3) is 0 Å². The summed E-state index contributed by atoms with van der Waals surface area (Å²) in [4.78, 5) is 22.0. The second-order valence-corrected chi connectivity index (χ2v) is 4.87. The van der Waals surface area contributed by atoms with Crippen LogP contribution in [0.4, 0.5) is 0 Å². The minimum absolute atomic E-state index is 0.0184. The van der Waals surface area contributed by atoms with Crippen LogP contribution < -0.4 is 10.1 Å². The molecule has 0 saturated carbocycles. The molecule has 0 aliphatic rings. The molecule has 1 unspecified atom stereocenters. The van der Waals surface area contributed by atoms with Crippen LogP contribution in [0, 0.1) is 0 Å². The number of carboxylic acid groups (broad SMARTS) is 1. The van der Waals surface area contributed by atoms with Gasteiger partial charge in [-0.05, 0) is 24.1 Å². The monoisotopic (exact) mass is 315 g/mol. The smallest absolute Gasteiger partial charge is 0.332 e. The van der Waals surface area contributed by atoms with Gasteiger partial charge in [0.2, 0.25) is 5.91 Å². The molecular weight excluding hydrogens is 298 g/mol. The van der Waals surface area contributed by atoms with Gasteiger partial charge in [0.15, 0.2) is 6.10 Å². The Morgan fingerprint density at radius 2 is 2.14 bits per heavy atom. The highest BCUT2D eigenvalue weighted by Crippen LogP contribution is 2.25. The predicted molar refractivity (Wildman–Crippen MR) is 77.6 cm³/mol. The van der Waals surface area contributed by atoms with Gasteiger partial charge in [-0.3, -0.25) is 4.79 Å². The number of rotatable bonds is 8. The average Bonchev–Trinajstić information content (AvgIpc) is 2.45. The molecule has 0 aromatic heterocycles. The van der Waals surface area contributed by atoms with Crippen molar-refractivity contribution in [3.05, 3.63) is 28.8 Å². The lowest BCUT2D eigenvalue weighted by molar-refractivity contribution is -0.147. The van der Waals surface area contributed by atoms with E-state index in [2.05, 4.69) is 5.32 Å². The average molecular weight is 316 g/mol. The zero-order valence-electron chi connectivity index (χ0n) is 11.6. The summed E-state index contributed by atoms with van der Waals surface area (Å²) in [6.45, 7) is 0.121. The fourth-order valence-corrected chi connectivity index (χ4v) is 1.96. The molecule has 0 radical (unpaired) electrons. The number of methoxy groups -OCH3 is 1. The van der Waals surface area contributed by atoms with Crippen LogP contribution in [0.15, 0.2) is 18.2 Å². The fraction of sp³-hybridized carbons (Fsp3) is 0.429. The maximum Gasteiger partial charge on any atom is 0.332 e. The standard InChI is InChI=1S/C14H18ClNO5/c1-21-12-4-2-9(8-10(12)15)3-5-13(18)16-7-6-11(17)14(19)20/h2,4,8,11,17H,3,5-7H2,1H3,(H,16,18)(H,19,20). The second kappa shape index (κ2) is 8.49. The third kappa shape index (κ3) is 6.01. The zero-order chi connectivity index (χ0) is 15.8. The molecule has 0 heterocycles. The topological polar surface area (TPSA) is 95.9 Å². The number of hydrogen-bond acceptors (Lipinski definition) is 4. The lowest BCUT2D eigenvalue weighted by Gasteiger charge is -2.08. The molecule has 1 amide bonds. The molecule has 0 bridgehead atoms. The summed E-state index contributed by atoms with van der Waals surface area (Å²) in [7, 11) is 1.53. The number of aliphatic carboxylic acids is 1. The van der Waals surface area contributed by atoms with Crippen LogP contribution in [0.5, 0.6) is 5.75 Å². The summed E-state index contributed by atoms with van der Waals surface area (Å²) in [6.07, 6.45) is -0.705. The number of carbonyl (C=O) groups is 2. The maximum atomic E-state index is 11.6. The van der Waals surface area contributed by atoms with Gasteiger partial charge in [-0.2, -0.15) is 0 Å². The van der Waals surface area contributed by atoms with E-state index in [4.69, 9.17) is 26.6 Å². The SMILES string of the molecule is COc1ccc(CCC(=O)NCCC(O)C(=O)O)cc1Cl. The van der Waals surface area contributed by atoms with Crippen molar-refractivity contribution in [2.24, 2.45) is 0 Å². The van der Waals surface area contributed by atoms with Crippen molar-refractivity contribution < 1.29 is 24.5 Å². The molecule has 1 rings (SSSR count). The number of benzene rings is 1. The number of amides is 1. The van der Waals surface area contributed by atoms with Crippen molar-refractivity contribution in [3.8, 4) is 5.75 Å². The lowest BCUT2D eigenvalue weighted by atomic mass is 10.1. The molecule has 0 spiro atoms. The van der Waals surface area contributed by atoms with Gasteiger partial charge in [-0.25, -0.2) is 4.79 Å².